The molecule has 2 N–H and O–H groups in total. The summed E-state index contributed by atoms with van der Waals surface area (Å²) in [7, 11) is 0. The highest BCUT2D eigenvalue weighted by Gasteiger charge is 2.35. The smallest absolute Gasteiger partial charge is 0.215 e. The van der Waals surface area contributed by atoms with Gasteiger partial charge in [-0.3, -0.25) is 4.90 Å². The zero-order valence-electron chi connectivity index (χ0n) is 9.58. The molecule has 3 rings (SSSR count). The number of likely N-dealkylation sites (tertiary alicyclic amines) is 1. The maximum atomic E-state index is 9.12. The Kier molecular flexibility index (Phi) is 2.36. The maximum absolute atomic E-state index is 9.12. The lowest BCUT2D eigenvalue weighted by molar-refractivity contribution is 0.267. The van der Waals surface area contributed by atoms with E-state index in [0.717, 1.165) is 25.8 Å². The van der Waals surface area contributed by atoms with Gasteiger partial charge in [-0.15, -0.1) is 0 Å². The molecule has 0 aromatic heterocycles. The number of piperidine rings is 1. The van der Waals surface area contributed by atoms with Crippen LogP contribution in [0.5, 0.6) is 0 Å². The van der Waals surface area contributed by atoms with Crippen LogP contribution in [0.3, 0.4) is 0 Å². The summed E-state index contributed by atoms with van der Waals surface area (Å²) in [6.45, 7) is 0.846. The predicted molar refractivity (Wildman–Crippen MR) is 65.1 cm³/mol. The number of nitrogens with zero attached hydrogens (tertiary/aromatic N) is 4. The highest BCUT2D eigenvalue weighted by atomic mass is 15.1. The highest BCUT2D eigenvalue weighted by Crippen LogP contribution is 2.38. The second kappa shape index (κ2) is 3.88. The first-order valence-corrected chi connectivity index (χ1v) is 6.04. The standard InChI is InChI=1S/C12H15N5/c13-7-17-3-1-2-8-4-10-9(5-11(8)17)6-15-12(14)16-10/h5-6,8-10H,1-4H2,(H2,14,16). The van der Waals surface area contributed by atoms with Crippen molar-refractivity contribution >= 4 is 12.2 Å². The second-order valence-electron chi connectivity index (χ2n) is 4.83. The molecule has 3 aliphatic rings. The van der Waals surface area contributed by atoms with Crippen LogP contribution in [0.15, 0.2) is 21.8 Å². The van der Waals surface area contributed by atoms with Crippen LogP contribution >= 0.6 is 0 Å². The summed E-state index contributed by atoms with van der Waals surface area (Å²) in [5.41, 5.74) is 6.80. The molecule has 5 heteroatoms. The zero-order chi connectivity index (χ0) is 11.8. The molecule has 0 aromatic carbocycles. The van der Waals surface area contributed by atoms with E-state index in [4.69, 9.17) is 11.0 Å². The molecule has 0 aromatic rings. The van der Waals surface area contributed by atoms with E-state index in [2.05, 4.69) is 22.3 Å². The molecule has 1 aliphatic carbocycles. The number of fused-ring (bicyclic) bond motifs is 2. The Morgan fingerprint density at radius 1 is 1.53 bits per heavy atom. The van der Waals surface area contributed by atoms with Gasteiger partial charge in [-0.05, 0) is 19.3 Å². The number of rotatable bonds is 0. The van der Waals surface area contributed by atoms with E-state index < -0.39 is 0 Å². The van der Waals surface area contributed by atoms with Gasteiger partial charge in [-0.2, -0.15) is 5.26 Å². The SMILES string of the molecule is N#CN1CCCC2CC3N=C(N)N=CC3C=C21. The van der Waals surface area contributed by atoms with Gasteiger partial charge in [0.2, 0.25) is 5.96 Å². The molecular formula is C12H15N5. The van der Waals surface area contributed by atoms with Crippen LogP contribution in [0, 0.1) is 23.3 Å². The van der Waals surface area contributed by atoms with Crippen molar-refractivity contribution in [2.75, 3.05) is 6.54 Å². The molecule has 2 aliphatic heterocycles. The van der Waals surface area contributed by atoms with Crippen molar-refractivity contribution < 1.29 is 0 Å². The van der Waals surface area contributed by atoms with Crippen molar-refractivity contribution in [2.45, 2.75) is 25.3 Å². The lowest BCUT2D eigenvalue weighted by Gasteiger charge is -2.39. The van der Waals surface area contributed by atoms with E-state index in [1.807, 2.05) is 11.1 Å². The number of nitrogens with two attached hydrogens (primary N) is 1. The Morgan fingerprint density at radius 2 is 2.41 bits per heavy atom. The summed E-state index contributed by atoms with van der Waals surface area (Å²) in [6, 6.07) is 0.222. The summed E-state index contributed by atoms with van der Waals surface area (Å²) in [4.78, 5) is 10.3. The van der Waals surface area contributed by atoms with Gasteiger partial charge in [0.25, 0.3) is 0 Å². The van der Waals surface area contributed by atoms with E-state index in [1.54, 1.807) is 0 Å². The topological polar surface area (TPSA) is 77.8 Å². The van der Waals surface area contributed by atoms with Crippen LogP contribution in [0.2, 0.25) is 0 Å². The molecule has 0 bridgehead atoms. The predicted octanol–water partition coefficient (Wildman–Crippen LogP) is 0.851. The summed E-state index contributed by atoms with van der Waals surface area (Å²) in [6.07, 6.45) is 9.51. The van der Waals surface area contributed by atoms with Crippen molar-refractivity contribution in [3.8, 4) is 6.19 Å². The maximum Gasteiger partial charge on any atom is 0.215 e. The first-order chi connectivity index (χ1) is 8.28. The van der Waals surface area contributed by atoms with Gasteiger partial charge in [-0.1, -0.05) is 6.08 Å². The van der Waals surface area contributed by atoms with Crippen LogP contribution in [0.4, 0.5) is 0 Å². The third-order valence-electron chi connectivity index (χ3n) is 3.80. The van der Waals surface area contributed by atoms with Crippen molar-refractivity contribution in [2.24, 2.45) is 27.6 Å². The summed E-state index contributed by atoms with van der Waals surface area (Å²) >= 11 is 0. The average molecular weight is 229 g/mol. The Hall–Kier alpha value is -1.83. The molecule has 0 spiro atoms. The van der Waals surface area contributed by atoms with Crippen LogP contribution in [0.1, 0.15) is 19.3 Å². The van der Waals surface area contributed by atoms with Gasteiger partial charge in [0.05, 0.1) is 6.04 Å². The Labute approximate surface area is 100 Å². The van der Waals surface area contributed by atoms with Crippen LogP contribution in [-0.2, 0) is 0 Å². The number of hydrogen-bond donors (Lipinski definition) is 1. The monoisotopic (exact) mass is 229 g/mol. The Balaban J connectivity index is 1.92. The first kappa shape index (κ1) is 10.3. The Bertz CT molecular complexity index is 456. The van der Waals surface area contributed by atoms with E-state index in [0.29, 0.717) is 11.9 Å². The quantitative estimate of drug-likeness (QED) is 0.625. The van der Waals surface area contributed by atoms with Gasteiger partial charge in [0.1, 0.15) is 0 Å². The molecule has 17 heavy (non-hydrogen) atoms. The van der Waals surface area contributed by atoms with Gasteiger partial charge in [-0.25, -0.2) is 9.98 Å². The summed E-state index contributed by atoms with van der Waals surface area (Å²) in [5, 5.41) is 9.12. The molecule has 1 saturated heterocycles. The van der Waals surface area contributed by atoms with Gasteiger partial charge in [0, 0.05) is 30.3 Å². The van der Waals surface area contributed by atoms with Gasteiger partial charge >= 0.3 is 0 Å². The van der Waals surface area contributed by atoms with Crippen LogP contribution in [0.25, 0.3) is 0 Å². The molecule has 1 fully saturated rings. The normalized spacial score (nSPS) is 35.2. The van der Waals surface area contributed by atoms with Crippen LogP contribution < -0.4 is 5.73 Å². The van der Waals surface area contributed by atoms with E-state index in [-0.39, 0.29) is 12.0 Å². The molecule has 2 heterocycles. The molecule has 3 atom stereocenters. The van der Waals surface area contributed by atoms with Crippen molar-refractivity contribution in [1.29, 1.82) is 5.26 Å². The van der Waals surface area contributed by atoms with Crippen molar-refractivity contribution in [3.63, 3.8) is 0 Å². The van der Waals surface area contributed by atoms with Crippen molar-refractivity contribution in [1.82, 2.24) is 4.90 Å². The molecule has 88 valence electrons. The molecule has 3 unspecified atom stereocenters. The Morgan fingerprint density at radius 3 is 3.24 bits per heavy atom. The second-order valence-corrected chi connectivity index (χ2v) is 4.83. The lowest BCUT2D eigenvalue weighted by Crippen LogP contribution is -2.39. The minimum Gasteiger partial charge on any atom is -0.368 e. The molecule has 0 radical (unpaired) electrons. The number of nitriles is 1. The molecular weight excluding hydrogens is 214 g/mol. The number of guanidine groups is 1. The minimum absolute atomic E-state index is 0.211. The average Bonchev–Trinajstić information content (AvgIpc) is 2.35. The fraction of sp³-hybridized carbons (Fsp3) is 0.583. The first-order valence-electron chi connectivity index (χ1n) is 6.04. The third kappa shape index (κ3) is 1.70. The summed E-state index contributed by atoms with van der Waals surface area (Å²) in [5.74, 6) is 1.06. The summed E-state index contributed by atoms with van der Waals surface area (Å²) < 4.78 is 0. The van der Waals surface area contributed by atoms with Gasteiger partial charge < -0.3 is 5.73 Å². The molecule has 5 nitrogen and oxygen atoms in total. The van der Waals surface area contributed by atoms with Crippen molar-refractivity contribution in [3.05, 3.63) is 11.8 Å². The third-order valence-corrected chi connectivity index (χ3v) is 3.80. The van der Waals surface area contributed by atoms with Crippen LogP contribution in [-0.4, -0.2) is 29.7 Å². The molecule has 0 saturated carbocycles. The zero-order valence-corrected chi connectivity index (χ0v) is 9.58. The number of hydrogen-bond acceptors (Lipinski definition) is 5. The number of aliphatic imine (C=N–C) groups is 2. The fourth-order valence-electron chi connectivity index (χ4n) is 2.97. The fourth-order valence-corrected chi connectivity index (χ4v) is 2.97. The van der Waals surface area contributed by atoms with E-state index >= 15 is 0 Å². The van der Waals surface area contributed by atoms with Gasteiger partial charge in [0.15, 0.2) is 6.19 Å². The lowest BCUT2D eigenvalue weighted by atomic mass is 9.78. The highest BCUT2D eigenvalue weighted by molar-refractivity contribution is 5.90. The van der Waals surface area contributed by atoms with E-state index in [1.165, 1.54) is 5.70 Å². The minimum atomic E-state index is 0.211. The molecule has 0 amide bonds. The number of allylic oxidation sites excluding steroid dienone is 1. The van der Waals surface area contributed by atoms with E-state index in [9.17, 15) is 0 Å². The largest absolute Gasteiger partial charge is 0.368 e.